The average Bonchev–Trinajstić information content (AvgIpc) is 2.03. The first kappa shape index (κ1) is 7.76. The monoisotopic (exact) mass is 160 g/mol. The third-order valence-corrected chi connectivity index (χ3v) is 1.24. The minimum atomic E-state index is -0.602. The van der Waals surface area contributed by atoms with Crippen molar-refractivity contribution in [1.29, 1.82) is 0 Å². The summed E-state index contributed by atoms with van der Waals surface area (Å²) < 4.78 is 0. The van der Waals surface area contributed by atoms with Gasteiger partial charge in [0.1, 0.15) is 6.17 Å². The Morgan fingerprint density at radius 1 is 1.73 bits per heavy atom. The molecule has 7 heteroatoms. The van der Waals surface area contributed by atoms with Gasteiger partial charge in [-0.3, -0.25) is 5.32 Å². The van der Waals surface area contributed by atoms with Gasteiger partial charge in [0.2, 0.25) is 0 Å². The maximum absolute atomic E-state index is 10.6. The first-order valence-corrected chi connectivity index (χ1v) is 2.94. The van der Waals surface area contributed by atoms with Gasteiger partial charge in [-0.2, -0.15) is 5.48 Å². The van der Waals surface area contributed by atoms with Gasteiger partial charge in [-0.05, 0) is 0 Å². The summed E-state index contributed by atoms with van der Waals surface area (Å²) >= 11 is 0. The van der Waals surface area contributed by atoms with E-state index in [1.165, 1.54) is 0 Å². The van der Waals surface area contributed by atoms with Crippen LogP contribution in [0.1, 0.15) is 6.42 Å². The number of carbonyl (C=O) groups is 1. The van der Waals surface area contributed by atoms with Gasteiger partial charge in [-0.1, -0.05) is 5.16 Å². The molecule has 1 aliphatic heterocycles. The zero-order valence-corrected chi connectivity index (χ0v) is 5.53. The lowest BCUT2D eigenvalue weighted by Gasteiger charge is -2.22. The fraction of sp³-hybridized carbons (Fsp3) is 0.500. The summed E-state index contributed by atoms with van der Waals surface area (Å²) in [4.78, 5) is 10.6. The molecule has 0 bridgehead atoms. The second-order valence-electron chi connectivity index (χ2n) is 2.03. The highest BCUT2D eigenvalue weighted by Gasteiger charge is 2.21. The van der Waals surface area contributed by atoms with E-state index in [9.17, 15) is 4.79 Å². The summed E-state index contributed by atoms with van der Waals surface area (Å²) in [5.74, 6) is 0.111. The summed E-state index contributed by atoms with van der Waals surface area (Å²) in [5.41, 5.74) is 1.83. The Kier molecular flexibility index (Phi) is 2.24. The number of amidine groups is 1. The van der Waals surface area contributed by atoms with E-state index in [2.05, 4.69) is 15.8 Å². The number of nitrogens with one attached hydrogen (secondary N) is 3. The van der Waals surface area contributed by atoms with Crippen LogP contribution < -0.4 is 16.1 Å². The quantitative estimate of drug-likeness (QED) is 0.245. The number of carbonyl (C=O) groups excluding carboxylic acids is 1. The van der Waals surface area contributed by atoms with Crippen molar-refractivity contribution in [3.63, 3.8) is 0 Å². The van der Waals surface area contributed by atoms with E-state index in [1.54, 1.807) is 0 Å². The largest absolute Gasteiger partial charge is 0.409 e. The summed E-state index contributed by atoms with van der Waals surface area (Å²) in [6, 6.07) is -0.518. The molecule has 1 fully saturated rings. The molecule has 5 N–H and O–H groups in total. The Bertz CT molecular complexity index is 192. The van der Waals surface area contributed by atoms with Crippen molar-refractivity contribution < 1.29 is 15.2 Å². The minimum absolute atomic E-state index is 0.111. The van der Waals surface area contributed by atoms with Gasteiger partial charge in [0, 0.05) is 6.42 Å². The third-order valence-electron chi connectivity index (χ3n) is 1.24. The Labute approximate surface area is 62.0 Å². The lowest BCUT2D eigenvalue weighted by molar-refractivity contribution is 0.112. The van der Waals surface area contributed by atoms with E-state index in [0.717, 1.165) is 0 Å². The fourth-order valence-corrected chi connectivity index (χ4v) is 0.765. The molecule has 62 valence electrons. The molecule has 11 heavy (non-hydrogen) atoms. The van der Waals surface area contributed by atoms with Crippen molar-refractivity contribution in [2.45, 2.75) is 12.6 Å². The van der Waals surface area contributed by atoms with E-state index in [0.29, 0.717) is 0 Å². The number of oxime groups is 1. The number of hydrogen-bond acceptors (Lipinski definition) is 5. The third kappa shape index (κ3) is 1.79. The van der Waals surface area contributed by atoms with Gasteiger partial charge in [0.05, 0.1) is 0 Å². The van der Waals surface area contributed by atoms with Crippen molar-refractivity contribution in [1.82, 2.24) is 16.1 Å². The van der Waals surface area contributed by atoms with Gasteiger partial charge < -0.3 is 15.7 Å². The van der Waals surface area contributed by atoms with Crippen LogP contribution in [-0.4, -0.2) is 28.4 Å². The zero-order valence-electron chi connectivity index (χ0n) is 5.53. The van der Waals surface area contributed by atoms with Crippen LogP contribution in [0, 0.1) is 0 Å². The van der Waals surface area contributed by atoms with E-state index in [-0.39, 0.29) is 12.3 Å². The Hall–Kier alpha value is -1.34. The molecule has 0 saturated carbocycles. The minimum Gasteiger partial charge on any atom is -0.409 e. The standard InChI is InChI=1S/C4H8N4O3/c9-4-5-2(7-10)1-3(6-4)8-11/h2,7,10-11H,1H2,(H2,5,6,8,9). The molecule has 1 rings (SSSR count). The normalized spacial score (nSPS) is 27.9. The second-order valence-corrected chi connectivity index (χ2v) is 2.03. The maximum Gasteiger partial charge on any atom is 0.321 e. The summed E-state index contributed by atoms with van der Waals surface area (Å²) in [6.07, 6.45) is -0.395. The number of urea groups is 1. The number of rotatable bonds is 1. The van der Waals surface area contributed by atoms with Crippen molar-refractivity contribution >= 4 is 11.9 Å². The van der Waals surface area contributed by atoms with Crippen LogP contribution in [0.5, 0.6) is 0 Å². The molecular weight excluding hydrogens is 152 g/mol. The molecule has 0 aromatic rings. The molecule has 2 amide bonds. The lowest BCUT2D eigenvalue weighted by atomic mass is 10.3. The maximum atomic E-state index is 10.6. The van der Waals surface area contributed by atoms with E-state index >= 15 is 0 Å². The summed E-state index contributed by atoms with van der Waals surface area (Å²) in [7, 11) is 0. The predicted molar refractivity (Wildman–Crippen MR) is 34.2 cm³/mol. The number of amides is 2. The molecule has 1 aliphatic rings. The number of hydrogen-bond donors (Lipinski definition) is 5. The molecule has 0 spiro atoms. The number of hydroxylamine groups is 1. The van der Waals surface area contributed by atoms with Crippen LogP contribution in [0.15, 0.2) is 5.16 Å². The Morgan fingerprint density at radius 3 is 3.00 bits per heavy atom. The van der Waals surface area contributed by atoms with E-state index < -0.39 is 12.2 Å². The second kappa shape index (κ2) is 3.17. The molecule has 7 nitrogen and oxygen atoms in total. The molecule has 1 saturated heterocycles. The van der Waals surface area contributed by atoms with Crippen LogP contribution in [0.25, 0.3) is 0 Å². The van der Waals surface area contributed by atoms with Crippen LogP contribution in [0.4, 0.5) is 4.79 Å². The van der Waals surface area contributed by atoms with Gasteiger partial charge in [-0.25, -0.2) is 4.79 Å². The van der Waals surface area contributed by atoms with Crippen LogP contribution in [-0.2, 0) is 0 Å². The van der Waals surface area contributed by atoms with Crippen molar-refractivity contribution in [2.75, 3.05) is 0 Å². The summed E-state index contributed by atoms with van der Waals surface area (Å²) in [5, 5.41) is 24.0. The molecule has 0 aromatic carbocycles. The molecule has 0 aliphatic carbocycles. The molecule has 1 unspecified atom stereocenters. The van der Waals surface area contributed by atoms with Gasteiger partial charge in [-0.15, -0.1) is 0 Å². The highest BCUT2D eigenvalue weighted by molar-refractivity contribution is 5.99. The van der Waals surface area contributed by atoms with E-state index in [1.807, 2.05) is 5.48 Å². The molecule has 1 heterocycles. The predicted octanol–water partition coefficient (Wildman–Crippen LogP) is -1.22. The van der Waals surface area contributed by atoms with Crippen molar-refractivity contribution in [2.24, 2.45) is 5.16 Å². The highest BCUT2D eigenvalue weighted by atomic mass is 16.5. The first-order chi connectivity index (χ1) is 5.26. The Morgan fingerprint density at radius 2 is 2.45 bits per heavy atom. The zero-order chi connectivity index (χ0) is 8.27. The smallest absolute Gasteiger partial charge is 0.321 e. The van der Waals surface area contributed by atoms with Crippen LogP contribution >= 0.6 is 0 Å². The van der Waals surface area contributed by atoms with Gasteiger partial charge in [0.25, 0.3) is 0 Å². The fourth-order valence-electron chi connectivity index (χ4n) is 0.765. The summed E-state index contributed by atoms with van der Waals surface area (Å²) in [6.45, 7) is 0. The highest BCUT2D eigenvalue weighted by Crippen LogP contribution is 1.94. The van der Waals surface area contributed by atoms with Crippen molar-refractivity contribution in [3.05, 3.63) is 0 Å². The molecular formula is C4H8N4O3. The van der Waals surface area contributed by atoms with E-state index in [4.69, 9.17) is 10.4 Å². The molecule has 0 aromatic heterocycles. The lowest BCUT2D eigenvalue weighted by Crippen LogP contribution is -2.56. The molecule has 1 atom stereocenters. The van der Waals surface area contributed by atoms with Crippen molar-refractivity contribution in [3.8, 4) is 0 Å². The van der Waals surface area contributed by atoms with Crippen LogP contribution in [0.3, 0.4) is 0 Å². The number of nitrogens with zero attached hydrogens (tertiary/aromatic N) is 1. The Balaban J connectivity index is 2.58. The van der Waals surface area contributed by atoms with Gasteiger partial charge >= 0.3 is 6.03 Å². The van der Waals surface area contributed by atoms with Gasteiger partial charge in [0.15, 0.2) is 5.84 Å². The average molecular weight is 160 g/mol. The van der Waals surface area contributed by atoms with Crippen LogP contribution in [0.2, 0.25) is 0 Å². The molecule has 0 radical (unpaired) electrons. The SMILES string of the molecule is O=C1N/C(=N\O)CC(NO)N1. The first-order valence-electron chi connectivity index (χ1n) is 2.94. The topological polar surface area (TPSA) is 106 Å².